The summed E-state index contributed by atoms with van der Waals surface area (Å²) < 4.78 is 0. The fourth-order valence-electron chi connectivity index (χ4n) is 3.70. The third-order valence-electron chi connectivity index (χ3n) is 5.05. The van der Waals surface area contributed by atoms with Crippen LogP contribution in [0.1, 0.15) is 57.2 Å². The summed E-state index contributed by atoms with van der Waals surface area (Å²) >= 11 is 0. The molecule has 104 valence electrons. The summed E-state index contributed by atoms with van der Waals surface area (Å²) in [5, 5.41) is 9.49. The Balaban J connectivity index is 1.64. The molecular formula is C16H24N2O. The largest absolute Gasteiger partial charge is 0.387 e. The topological polar surface area (TPSA) is 36.4 Å². The average molecular weight is 260 g/mol. The molecular weight excluding hydrogens is 236 g/mol. The fourth-order valence-corrected chi connectivity index (χ4v) is 3.70. The lowest BCUT2D eigenvalue weighted by Gasteiger charge is -2.40. The summed E-state index contributed by atoms with van der Waals surface area (Å²) in [6.45, 7) is 4.08. The summed E-state index contributed by atoms with van der Waals surface area (Å²) in [4.78, 5) is 6.80. The van der Waals surface area contributed by atoms with E-state index in [0.717, 1.165) is 18.8 Å². The number of aliphatic hydroxyl groups is 1. The number of aromatic nitrogens is 1. The van der Waals surface area contributed by atoms with E-state index in [0.29, 0.717) is 5.41 Å². The first-order valence-electron chi connectivity index (χ1n) is 7.58. The number of nitrogens with zero attached hydrogens (tertiary/aromatic N) is 2. The molecule has 2 aliphatic rings. The highest BCUT2D eigenvalue weighted by Gasteiger charge is 2.36. The maximum Gasteiger partial charge on any atom is 0.0931 e. The molecule has 2 fully saturated rings. The van der Waals surface area contributed by atoms with E-state index in [-0.39, 0.29) is 0 Å². The number of hydrogen-bond donors (Lipinski definition) is 1. The third-order valence-corrected chi connectivity index (χ3v) is 5.05. The van der Waals surface area contributed by atoms with Crippen molar-refractivity contribution in [1.82, 2.24) is 4.98 Å². The molecule has 3 heteroatoms. The van der Waals surface area contributed by atoms with Gasteiger partial charge in [-0.05, 0) is 50.2 Å². The minimum absolute atomic E-state index is 0.475. The van der Waals surface area contributed by atoms with Gasteiger partial charge in [0.05, 0.1) is 23.7 Å². The van der Waals surface area contributed by atoms with E-state index in [9.17, 15) is 5.11 Å². The van der Waals surface area contributed by atoms with Gasteiger partial charge in [0.2, 0.25) is 0 Å². The van der Waals surface area contributed by atoms with Crippen molar-refractivity contribution in [2.45, 2.75) is 51.6 Å². The van der Waals surface area contributed by atoms with Crippen molar-refractivity contribution in [3.63, 3.8) is 0 Å². The standard InChI is InChI=1S/C16H24N2O/c1-13(19)15-5-4-14(12-17-15)18-10-8-16(9-11-18)6-2-3-7-16/h4-5,12-13,19H,2-3,6-11H2,1H3/t13-/m0/s1. The van der Waals surface area contributed by atoms with E-state index >= 15 is 0 Å². The van der Waals surface area contributed by atoms with Crippen molar-refractivity contribution in [3.05, 3.63) is 24.0 Å². The minimum atomic E-state index is -0.475. The van der Waals surface area contributed by atoms with Gasteiger partial charge >= 0.3 is 0 Å². The third kappa shape index (κ3) is 2.62. The van der Waals surface area contributed by atoms with Gasteiger partial charge in [0.25, 0.3) is 0 Å². The number of piperidine rings is 1. The smallest absolute Gasteiger partial charge is 0.0931 e. The van der Waals surface area contributed by atoms with E-state index in [2.05, 4.69) is 16.0 Å². The van der Waals surface area contributed by atoms with Crippen molar-refractivity contribution in [2.75, 3.05) is 18.0 Å². The maximum absolute atomic E-state index is 9.49. The van der Waals surface area contributed by atoms with Gasteiger partial charge < -0.3 is 10.0 Å². The van der Waals surface area contributed by atoms with Gasteiger partial charge in [-0.15, -0.1) is 0 Å². The molecule has 1 saturated carbocycles. The number of hydrogen-bond acceptors (Lipinski definition) is 3. The molecule has 2 heterocycles. The Morgan fingerprint density at radius 3 is 2.37 bits per heavy atom. The lowest BCUT2D eigenvalue weighted by atomic mass is 9.77. The zero-order valence-corrected chi connectivity index (χ0v) is 11.8. The first kappa shape index (κ1) is 12.9. The Morgan fingerprint density at radius 2 is 1.84 bits per heavy atom. The van der Waals surface area contributed by atoms with Gasteiger partial charge in [0, 0.05) is 13.1 Å². The molecule has 0 bridgehead atoms. The molecule has 0 unspecified atom stereocenters. The molecule has 19 heavy (non-hydrogen) atoms. The number of pyridine rings is 1. The first-order chi connectivity index (χ1) is 9.19. The van der Waals surface area contributed by atoms with Crippen LogP contribution >= 0.6 is 0 Å². The molecule has 1 saturated heterocycles. The second-order valence-corrected chi connectivity index (χ2v) is 6.31. The van der Waals surface area contributed by atoms with E-state index in [1.807, 2.05) is 12.3 Å². The Bertz CT molecular complexity index is 411. The highest BCUT2D eigenvalue weighted by molar-refractivity contribution is 5.45. The van der Waals surface area contributed by atoms with Gasteiger partial charge in [-0.1, -0.05) is 12.8 Å². The molecule has 0 amide bonds. The van der Waals surface area contributed by atoms with Gasteiger partial charge in [0.15, 0.2) is 0 Å². The van der Waals surface area contributed by atoms with E-state index in [1.54, 1.807) is 6.92 Å². The molecule has 1 N–H and O–H groups in total. The lowest BCUT2D eigenvalue weighted by Crippen LogP contribution is -2.38. The van der Waals surface area contributed by atoms with Crippen LogP contribution in [0.25, 0.3) is 0 Å². The van der Waals surface area contributed by atoms with Crippen LogP contribution in [0.2, 0.25) is 0 Å². The summed E-state index contributed by atoms with van der Waals surface area (Å²) in [5.74, 6) is 0. The number of anilines is 1. The molecule has 1 aromatic rings. The summed E-state index contributed by atoms with van der Waals surface area (Å²) in [7, 11) is 0. The first-order valence-corrected chi connectivity index (χ1v) is 7.58. The summed E-state index contributed by atoms with van der Waals surface area (Å²) in [5.41, 5.74) is 2.63. The molecule has 1 aliphatic carbocycles. The highest BCUT2D eigenvalue weighted by Crippen LogP contribution is 2.46. The van der Waals surface area contributed by atoms with Gasteiger partial charge in [-0.25, -0.2) is 0 Å². The normalized spacial score (nSPS) is 23.8. The molecule has 1 aliphatic heterocycles. The maximum atomic E-state index is 9.49. The quantitative estimate of drug-likeness (QED) is 0.886. The number of aliphatic hydroxyl groups excluding tert-OH is 1. The van der Waals surface area contributed by atoms with Crippen molar-refractivity contribution in [3.8, 4) is 0 Å². The Hall–Kier alpha value is -1.09. The average Bonchev–Trinajstić information content (AvgIpc) is 2.88. The Morgan fingerprint density at radius 1 is 1.16 bits per heavy atom. The van der Waals surface area contributed by atoms with Crippen LogP contribution in [-0.2, 0) is 0 Å². The zero-order chi connectivity index (χ0) is 13.3. The van der Waals surface area contributed by atoms with E-state index < -0.39 is 6.10 Å². The molecule has 3 nitrogen and oxygen atoms in total. The van der Waals surface area contributed by atoms with Crippen LogP contribution in [-0.4, -0.2) is 23.2 Å². The van der Waals surface area contributed by atoms with E-state index in [4.69, 9.17) is 0 Å². The van der Waals surface area contributed by atoms with Gasteiger partial charge in [-0.3, -0.25) is 4.98 Å². The molecule has 3 rings (SSSR count). The van der Waals surface area contributed by atoms with Gasteiger partial charge in [-0.2, -0.15) is 0 Å². The van der Waals surface area contributed by atoms with Crippen LogP contribution in [0.4, 0.5) is 5.69 Å². The zero-order valence-electron chi connectivity index (χ0n) is 11.8. The summed E-state index contributed by atoms with van der Waals surface area (Å²) in [6.07, 6.45) is 9.87. The van der Waals surface area contributed by atoms with E-state index in [1.165, 1.54) is 44.2 Å². The van der Waals surface area contributed by atoms with Crippen LogP contribution in [0, 0.1) is 5.41 Å². The second-order valence-electron chi connectivity index (χ2n) is 6.31. The molecule has 1 aromatic heterocycles. The minimum Gasteiger partial charge on any atom is -0.387 e. The monoisotopic (exact) mass is 260 g/mol. The SMILES string of the molecule is C[C@H](O)c1ccc(N2CCC3(CCCC3)CC2)cn1. The summed E-state index contributed by atoms with van der Waals surface area (Å²) in [6, 6.07) is 4.04. The number of rotatable bonds is 2. The molecule has 1 spiro atoms. The molecule has 0 aromatic carbocycles. The molecule has 1 atom stereocenters. The van der Waals surface area contributed by atoms with Crippen LogP contribution in [0.5, 0.6) is 0 Å². The van der Waals surface area contributed by atoms with Crippen molar-refractivity contribution < 1.29 is 5.11 Å². The predicted octanol–water partition coefficient (Wildman–Crippen LogP) is 3.30. The Kier molecular flexibility index (Phi) is 3.48. The van der Waals surface area contributed by atoms with Crippen molar-refractivity contribution in [1.29, 1.82) is 0 Å². The Labute approximate surface area is 115 Å². The second kappa shape index (κ2) is 5.12. The van der Waals surface area contributed by atoms with Crippen molar-refractivity contribution >= 4 is 5.69 Å². The molecule has 0 radical (unpaired) electrons. The van der Waals surface area contributed by atoms with Crippen LogP contribution in [0.15, 0.2) is 18.3 Å². The van der Waals surface area contributed by atoms with Crippen molar-refractivity contribution in [2.24, 2.45) is 5.41 Å². The van der Waals surface area contributed by atoms with Crippen LogP contribution < -0.4 is 4.90 Å². The predicted molar refractivity (Wildman–Crippen MR) is 77.2 cm³/mol. The van der Waals surface area contributed by atoms with Crippen LogP contribution in [0.3, 0.4) is 0 Å². The van der Waals surface area contributed by atoms with Gasteiger partial charge in [0.1, 0.15) is 0 Å². The fraction of sp³-hybridized carbons (Fsp3) is 0.688. The highest BCUT2D eigenvalue weighted by atomic mass is 16.3. The lowest BCUT2D eigenvalue weighted by molar-refractivity contribution is 0.194.